The fourth-order valence-corrected chi connectivity index (χ4v) is 3.90. The fraction of sp³-hybridized carbons (Fsp3) is 0.269. The second-order valence-electron chi connectivity index (χ2n) is 8.70. The lowest BCUT2D eigenvalue weighted by atomic mass is 9.77. The molecular formula is C26H29BN2O5. The van der Waals surface area contributed by atoms with Crippen LogP contribution in [0.5, 0.6) is 0 Å². The van der Waals surface area contributed by atoms with E-state index in [1.165, 1.54) is 0 Å². The first-order chi connectivity index (χ1) is 16.3. The van der Waals surface area contributed by atoms with Gasteiger partial charge in [0.2, 0.25) is 5.91 Å². The predicted octanol–water partition coefficient (Wildman–Crippen LogP) is 2.29. The third-order valence-electron chi connectivity index (χ3n) is 5.58. The largest absolute Gasteiger partial charge is 0.529 e. The van der Waals surface area contributed by atoms with Crippen molar-refractivity contribution in [3.63, 3.8) is 0 Å². The van der Waals surface area contributed by atoms with E-state index in [0.29, 0.717) is 5.56 Å². The Bertz CT molecular complexity index is 1140. The van der Waals surface area contributed by atoms with Gasteiger partial charge in [0.05, 0.1) is 6.04 Å². The van der Waals surface area contributed by atoms with Gasteiger partial charge in [-0.25, -0.2) is 0 Å². The molecule has 2 amide bonds. The van der Waals surface area contributed by atoms with Gasteiger partial charge in [-0.1, -0.05) is 74.5 Å². The molecule has 4 N–H and O–H groups in total. The molecule has 0 aliphatic rings. The smallest absolute Gasteiger partial charge is 0.421 e. The second-order valence-corrected chi connectivity index (χ2v) is 8.70. The number of rotatable bonds is 10. The second kappa shape index (κ2) is 11.6. The summed E-state index contributed by atoms with van der Waals surface area (Å²) >= 11 is 0. The van der Waals surface area contributed by atoms with Crippen LogP contribution in [-0.2, 0) is 16.0 Å². The average Bonchev–Trinajstić information content (AvgIpc) is 2.83. The molecule has 0 unspecified atom stereocenters. The van der Waals surface area contributed by atoms with Gasteiger partial charge >= 0.3 is 7.12 Å². The number of amides is 2. The monoisotopic (exact) mass is 460 g/mol. The summed E-state index contributed by atoms with van der Waals surface area (Å²) in [4.78, 5) is 38.5. The fourth-order valence-electron chi connectivity index (χ4n) is 3.90. The predicted molar refractivity (Wildman–Crippen MR) is 132 cm³/mol. The molecule has 176 valence electrons. The van der Waals surface area contributed by atoms with Gasteiger partial charge in [-0.2, -0.15) is 0 Å². The Balaban J connectivity index is 1.90. The standard InChI is InChI=1S/C26H29BN2O5/c1-17(2)15-22(24(30)27(33)34)28-26(32)23(29-25(31)19-10-4-3-5-11-19)16-20-13-8-12-18-9-6-7-14-21(18)20/h3-14,17,22-23,33-34H,15-16H2,1-2H3,(H,28,32)(H,29,31)/t22-,23-/m0/s1. The molecule has 0 aliphatic heterocycles. The van der Waals surface area contributed by atoms with Crippen LogP contribution in [0.15, 0.2) is 72.8 Å². The van der Waals surface area contributed by atoms with E-state index in [1.807, 2.05) is 56.3 Å². The van der Waals surface area contributed by atoms with Gasteiger partial charge in [-0.05, 0) is 40.8 Å². The van der Waals surface area contributed by atoms with E-state index in [2.05, 4.69) is 10.6 Å². The third-order valence-corrected chi connectivity index (χ3v) is 5.58. The summed E-state index contributed by atoms with van der Waals surface area (Å²) in [5.41, 5.74) is 0.375. The lowest BCUT2D eigenvalue weighted by Gasteiger charge is -2.24. The van der Waals surface area contributed by atoms with Crippen molar-refractivity contribution in [2.24, 2.45) is 5.92 Å². The number of nitrogens with one attached hydrogen (secondary N) is 2. The summed E-state index contributed by atoms with van der Waals surface area (Å²) in [5, 5.41) is 26.2. The van der Waals surface area contributed by atoms with Gasteiger partial charge in [0.25, 0.3) is 5.91 Å². The van der Waals surface area contributed by atoms with Crippen molar-refractivity contribution in [2.75, 3.05) is 0 Å². The summed E-state index contributed by atoms with van der Waals surface area (Å²) in [5.74, 6) is -0.977. The van der Waals surface area contributed by atoms with E-state index in [4.69, 9.17) is 0 Å². The molecule has 8 heteroatoms. The number of benzene rings is 3. The van der Waals surface area contributed by atoms with E-state index in [9.17, 15) is 24.4 Å². The molecule has 0 bridgehead atoms. The Hall–Kier alpha value is -3.49. The number of fused-ring (bicyclic) bond motifs is 1. The molecule has 7 nitrogen and oxygen atoms in total. The highest BCUT2D eigenvalue weighted by molar-refractivity contribution is 6.79. The first-order valence-corrected chi connectivity index (χ1v) is 11.3. The molecule has 0 heterocycles. The van der Waals surface area contributed by atoms with E-state index in [-0.39, 0.29) is 18.8 Å². The summed E-state index contributed by atoms with van der Waals surface area (Å²) in [6, 6.07) is 20.0. The van der Waals surface area contributed by atoms with Crippen LogP contribution in [0.25, 0.3) is 10.8 Å². The van der Waals surface area contributed by atoms with Gasteiger partial charge < -0.3 is 25.5 Å². The summed E-state index contributed by atoms with van der Waals surface area (Å²) < 4.78 is 0. The molecule has 0 saturated heterocycles. The van der Waals surface area contributed by atoms with Crippen molar-refractivity contribution in [3.05, 3.63) is 83.9 Å². The zero-order chi connectivity index (χ0) is 24.7. The van der Waals surface area contributed by atoms with Crippen molar-refractivity contribution in [2.45, 2.75) is 38.8 Å². The lowest BCUT2D eigenvalue weighted by molar-refractivity contribution is -0.127. The molecule has 0 radical (unpaired) electrons. The highest BCUT2D eigenvalue weighted by Crippen LogP contribution is 2.20. The van der Waals surface area contributed by atoms with E-state index < -0.39 is 36.7 Å². The minimum Gasteiger partial charge on any atom is -0.421 e. The molecule has 34 heavy (non-hydrogen) atoms. The zero-order valence-electron chi connectivity index (χ0n) is 19.3. The van der Waals surface area contributed by atoms with Gasteiger partial charge in [0.15, 0.2) is 5.68 Å². The summed E-state index contributed by atoms with van der Waals surface area (Å²) in [6.07, 6.45) is 0.422. The van der Waals surface area contributed by atoms with E-state index in [1.54, 1.807) is 30.3 Å². The first-order valence-electron chi connectivity index (χ1n) is 11.3. The maximum absolute atomic E-state index is 13.3. The number of carbonyl (C=O) groups is 3. The molecule has 0 saturated carbocycles. The molecule has 0 aromatic heterocycles. The third kappa shape index (κ3) is 6.53. The Morgan fingerprint density at radius 2 is 1.47 bits per heavy atom. The average molecular weight is 460 g/mol. The SMILES string of the molecule is CC(C)C[C@H](NC(=O)[C@H](Cc1cccc2ccccc12)NC(=O)c1ccccc1)C(=O)B(O)O. The van der Waals surface area contributed by atoms with Crippen LogP contribution < -0.4 is 10.6 Å². The Morgan fingerprint density at radius 3 is 2.15 bits per heavy atom. The normalized spacial score (nSPS) is 12.7. The zero-order valence-corrected chi connectivity index (χ0v) is 19.3. The minimum absolute atomic E-state index is 0.0171. The van der Waals surface area contributed by atoms with Crippen molar-refractivity contribution in [1.29, 1.82) is 0 Å². The van der Waals surface area contributed by atoms with Crippen molar-refractivity contribution in [3.8, 4) is 0 Å². The summed E-state index contributed by atoms with van der Waals surface area (Å²) in [6.45, 7) is 3.72. The molecule has 3 rings (SSSR count). The molecule has 3 aromatic rings. The Kier molecular flexibility index (Phi) is 8.57. The molecular weight excluding hydrogens is 431 g/mol. The van der Waals surface area contributed by atoms with Crippen molar-refractivity contribution < 1.29 is 24.4 Å². The van der Waals surface area contributed by atoms with Gasteiger partial charge in [-0.3, -0.25) is 9.59 Å². The van der Waals surface area contributed by atoms with Crippen LogP contribution >= 0.6 is 0 Å². The van der Waals surface area contributed by atoms with Gasteiger partial charge in [0.1, 0.15) is 6.04 Å². The van der Waals surface area contributed by atoms with E-state index in [0.717, 1.165) is 16.3 Å². The molecule has 3 aromatic carbocycles. The molecule has 0 fully saturated rings. The van der Waals surface area contributed by atoms with E-state index >= 15 is 0 Å². The Morgan fingerprint density at radius 1 is 0.824 bits per heavy atom. The van der Waals surface area contributed by atoms with Crippen LogP contribution in [0.4, 0.5) is 0 Å². The number of hydrogen-bond acceptors (Lipinski definition) is 5. The van der Waals surface area contributed by atoms with Crippen LogP contribution in [-0.4, -0.2) is 46.7 Å². The molecule has 2 atom stereocenters. The topological polar surface area (TPSA) is 116 Å². The van der Waals surface area contributed by atoms with Crippen LogP contribution in [0, 0.1) is 5.92 Å². The van der Waals surface area contributed by atoms with Crippen molar-refractivity contribution in [1.82, 2.24) is 10.6 Å². The summed E-state index contributed by atoms with van der Waals surface area (Å²) in [7, 11) is -2.19. The minimum atomic E-state index is -2.19. The maximum Gasteiger partial charge on any atom is 0.529 e. The highest BCUT2D eigenvalue weighted by Gasteiger charge is 2.33. The molecule has 0 aliphatic carbocycles. The number of carbonyl (C=O) groups excluding carboxylic acids is 3. The quantitative estimate of drug-likeness (QED) is 0.347. The van der Waals surface area contributed by atoms with Crippen LogP contribution in [0.2, 0.25) is 0 Å². The van der Waals surface area contributed by atoms with Gasteiger partial charge in [-0.15, -0.1) is 0 Å². The number of hydrogen-bond donors (Lipinski definition) is 4. The maximum atomic E-state index is 13.3. The van der Waals surface area contributed by atoms with Gasteiger partial charge in [0, 0.05) is 12.0 Å². The van der Waals surface area contributed by atoms with Crippen LogP contribution in [0.1, 0.15) is 36.2 Å². The Labute approximate surface area is 199 Å². The van der Waals surface area contributed by atoms with Crippen LogP contribution in [0.3, 0.4) is 0 Å². The first kappa shape index (κ1) is 25.1. The highest BCUT2D eigenvalue weighted by atomic mass is 16.4. The lowest BCUT2D eigenvalue weighted by Crippen LogP contribution is -2.55. The van der Waals surface area contributed by atoms with Crippen molar-refractivity contribution >= 4 is 35.4 Å². The molecule has 0 spiro atoms.